The van der Waals surface area contributed by atoms with Gasteiger partial charge in [0.15, 0.2) is 6.61 Å². The van der Waals surface area contributed by atoms with Crippen LogP contribution in [0.4, 0.5) is 0 Å². The van der Waals surface area contributed by atoms with Crippen molar-refractivity contribution >= 4 is 5.91 Å². The molecule has 1 saturated heterocycles. The molecule has 1 amide bonds. The Bertz CT molecular complexity index is 1090. The zero-order chi connectivity index (χ0) is 23.4. The fraction of sp³-hybridized carbons (Fsp3) is 0.345. The number of fused-ring (bicyclic) bond motifs is 2. The van der Waals surface area contributed by atoms with Crippen LogP contribution in [-0.2, 0) is 21.5 Å². The third-order valence-corrected chi connectivity index (χ3v) is 7.36. The van der Waals surface area contributed by atoms with Gasteiger partial charge in [-0.2, -0.15) is 0 Å². The molecule has 3 aromatic carbocycles. The summed E-state index contributed by atoms with van der Waals surface area (Å²) in [6.07, 6.45) is 1.90. The topological polar surface area (TPSA) is 50.8 Å². The highest BCUT2D eigenvalue weighted by Gasteiger charge is 2.53. The fourth-order valence-electron chi connectivity index (χ4n) is 5.76. The normalized spacial score (nSPS) is 21.2. The zero-order valence-electron chi connectivity index (χ0n) is 19.7. The first-order valence-corrected chi connectivity index (χ1v) is 12.1. The molecule has 1 N–H and O–H groups in total. The molecule has 176 valence electrons. The van der Waals surface area contributed by atoms with E-state index < -0.39 is 0 Å². The number of methoxy groups -OCH3 is 1. The first-order chi connectivity index (χ1) is 16.7. The van der Waals surface area contributed by atoms with Gasteiger partial charge in [0.05, 0.1) is 12.1 Å². The van der Waals surface area contributed by atoms with Crippen molar-refractivity contribution in [3.8, 4) is 5.75 Å². The Morgan fingerprint density at radius 1 is 0.941 bits per heavy atom. The Balaban J connectivity index is 1.30. The van der Waals surface area contributed by atoms with Crippen LogP contribution < -0.4 is 10.1 Å². The van der Waals surface area contributed by atoms with Crippen LogP contribution >= 0.6 is 0 Å². The molecule has 0 saturated carbocycles. The van der Waals surface area contributed by atoms with Gasteiger partial charge in [0, 0.05) is 19.1 Å². The minimum absolute atomic E-state index is 0.0169. The van der Waals surface area contributed by atoms with Gasteiger partial charge in [0.25, 0.3) is 5.91 Å². The van der Waals surface area contributed by atoms with Gasteiger partial charge in [0.1, 0.15) is 5.75 Å². The molecule has 1 aliphatic heterocycles. The van der Waals surface area contributed by atoms with E-state index in [1.807, 2.05) is 30.3 Å². The van der Waals surface area contributed by atoms with Crippen LogP contribution in [0, 0.1) is 0 Å². The molecule has 0 unspecified atom stereocenters. The molecule has 0 radical (unpaired) electrons. The van der Waals surface area contributed by atoms with Gasteiger partial charge in [0.2, 0.25) is 0 Å². The van der Waals surface area contributed by atoms with Gasteiger partial charge in [-0.05, 0) is 54.8 Å². The maximum absolute atomic E-state index is 12.9. The lowest BCUT2D eigenvalue weighted by molar-refractivity contribution is -0.125. The Labute approximate surface area is 201 Å². The third kappa shape index (κ3) is 4.46. The van der Waals surface area contributed by atoms with E-state index >= 15 is 0 Å². The van der Waals surface area contributed by atoms with Crippen LogP contribution in [-0.4, -0.2) is 43.7 Å². The molecule has 0 bridgehead atoms. The standard InChI is InChI=1S/C29H32N2O3/c1-33-28-27(30-26(32)21-34-23-12-6-3-7-13-23)24-14-8-9-15-25(24)29(28)16-18-31(19-17-29)20-22-10-4-2-5-11-22/h2-15,27-28H,16-21H2,1H3,(H,30,32)/t27-,28+/m1/s1. The van der Waals surface area contributed by atoms with Gasteiger partial charge in [-0.15, -0.1) is 0 Å². The molecule has 3 aromatic rings. The number of carbonyl (C=O) groups is 1. The maximum atomic E-state index is 12.9. The fourth-order valence-corrected chi connectivity index (χ4v) is 5.76. The number of amides is 1. The summed E-state index contributed by atoms with van der Waals surface area (Å²) in [5, 5.41) is 3.23. The second-order valence-electron chi connectivity index (χ2n) is 9.31. The van der Waals surface area contributed by atoms with E-state index in [0.717, 1.165) is 32.5 Å². The summed E-state index contributed by atoms with van der Waals surface area (Å²) < 4.78 is 11.8. The number of hydrogen-bond donors (Lipinski definition) is 1. The number of carbonyl (C=O) groups excluding carboxylic acids is 1. The minimum atomic E-state index is -0.186. The van der Waals surface area contributed by atoms with E-state index in [1.165, 1.54) is 16.7 Å². The molecule has 2 aliphatic rings. The van der Waals surface area contributed by atoms with Crippen LogP contribution in [0.1, 0.15) is 35.6 Å². The SMILES string of the molecule is CO[C@H]1[C@H](NC(=O)COc2ccccc2)c2ccccc2C12CCN(Cc1ccccc1)CC2. The van der Waals surface area contributed by atoms with Crippen molar-refractivity contribution in [1.29, 1.82) is 0 Å². The molecular weight excluding hydrogens is 424 g/mol. The predicted octanol–water partition coefficient (Wildman–Crippen LogP) is 4.49. The number of nitrogens with one attached hydrogen (secondary N) is 1. The number of likely N-dealkylation sites (tertiary alicyclic amines) is 1. The van der Waals surface area contributed by atoms with Crippen molar-refractivity contribution in [1.82, 2.24) is 10.2 Å². The molecule has 34 heavy (non-hydrogen) atoms. The van der Waals surface area contributed by atoms with Gasteiger partial charge < -0.3 is 14.8 Å². The lowest BCUT2D eigenvalue weighted by Crippen LogP contribution is -2.50. The smallest absolute Gasteiger partial charge is 0.258 e. The molecule has 5 heteroatoms. The second-order valence-corrected chi connectivity index (χ2v) is 9.31. The zero-order valence-corrected chi connectivity index (χ0v) is 19.7. The highest BCUT2D eigenvalue weighted by atomic mass is 16.5. The summed E-state index contributed by atoms with van der Waals surface area (Å²) in [6.45, 7) is 2.95. The Morgan fingerprint density at radius 2 is 1.59 bits per heavy atom. The first kappa shape index (κ1) is 22.6. The number of hydrogen-bond acceptors (Lipinski definition) is 4. The summed E-state index contributed by atoms with van der Waals surface area (Å²) in [7, 11) is 1.77. The van der Waals surface area contributed by atoms with Crippen molar-refractivity contribution in [2.75, 3.05) is 26.8 Å². The molecule has 1 spiro atoms. The second kappa shape index (κ2) is 10.00. The lowest BCUT2D eigenvalue weighted by Gasteiger charge is -2.44. The quantitative estimate of drug-likeness (QED) is 0.569. The molecule has 2 atom stereocenters. The predicted molar refractivity (Wildman–Crippen MR) is 133 cm³/mol. The highest BCUT2D eigenvalue weighted by molar-refractivity contribution is 5.78. The average molecular weight is 457 g/mol. The number of piperidine rings is 1. The number of ether oxygens (including phenoxy) is 2. The average Bonchev–Trinajstić information content (AvgIpc) is 3.14. The largest absolute Gasteiger partial charge is 0.484 e. The lowest BCUT2D eigenvalue weighted by atomic mass is 9.72. The van der Waals surface area contributed by atoms with Crippen LogP contribution in [0.25, 0.3) is 0 Å². The molecule has 5 nitrogen and oxygen atoms in total. The van der Waals surface area contributed by atoms with E-state index in [9.17, 15) is 4.79 Å². The summed E-state index contributed by atoms with van der Waals surface area (Å²) in [5.74, 6) is 0.555. The van der Waals surface area contributed by atoms with E-state index in [-0.39, 0.29) is 30.1 Å². The Hall–Kier alpha value is -3.15. The van der Waals surface area contributed by atoms with E-state index in [4.69, 9.17) is 9.47 Å². The number of rotatable bonds is 7. The van der Waals surface area contributed by atoms with Crippen molar-refractivity contribution in [2.24, 2.45) is 0 Å². The molecule has 1 heterocycles. The molecule has 1 aliphatic carbocycles. The van der Waals surface area contributed by atoms with Gasteiger partial charge in [-0.1, -0.05) is 72.8 Å². The van der Waals surface area contributed by atoms with Crippen molar-refractivity contribution in [3.63, 3.8) is 0 Å². The summed E-state index contributed by atoms with van der Waals surface area (Å²) in [6, 6.07) is 28.4. The van der Waals surface area contributed by atoms with E-state index in [0.29, 0.717) is 5.75 Å². The van der Waals surface area contributed by atoms with Gasteiger partial charge in [-0.3, -0.25) is 9.69 Å². The number of para-hydroxylation sites is 1. The molecule has 0 aromatic heterocycles. The molecule has 1 fully saturated rings. The summed E-state index contributed by atoms with van der Waals surface area (Å²) in [5.41, 5.74) is 3.73. The molecular formula is C29H32N2O3. The van der Waals surface area contributed by atoms with E-state index in [1.54, 1.807) is 7.11 Å². The summed E-state index contributed by atoms with van der Waals surface area (Å²) in [4.78, 5) is 15.4. The maximum Gasteiger partial charge on any atom is 0.258 e. The van der Waals surface area contributed by atoms with Crippen LogP contribution in [0.15, 0.2) is 84.9 Å². The third-order valence-electron chi connectivity index (χ3n) is 7.36. The van der Waals surface area contributed by atoms with E-state index in [2.05, 4.69) is 64.8 Å². The Kier molecular flexibility index (Phi) is 6.66. The van der Waals surface area contributed by atoms with Gasteiger partial charge in [-0.25, -0.2) is 0 Å². The van der Waals surface area contributed by atoms with Crippen molar-refractivity contribution in [3.05, 3.63) is 102 Å². The van der Waals surface area contributed by atoms with Crippen molar-refractivity contribution in [2.45, 2.75) is 36.9 Å². The van der Waals surface area contributed by atoms with Crippen molar-refractivity contribution < 1.29 is 14.3 Å². The number of benzene rings is 3. The van der Waals surface area contributed by atoms with Crippen LogP contribution in [0.2, 0.25) is 0 Å². The number of nitrogens with zero attached hydrogens (tertiary/aromatic N) is 1. The van der Waals surface area contributed by atoms with Crippen LogP contribution in [0.3, 0.4) is 0 Å². The summed E-state index contributed by atoms with van der Waals surface area (Å²) >= 11 is 0. The molecule has 5 rings (SSSR count). The highest BCUT2D eigenvalue weighted by Crippen LogP contribution is 2.52. The van der Waals surface area contributed by atoms with Gasteiger partial charge >= 0.3 is 0 Å². The monoisotopic (exact) mass is 456 g/mol. The van der Waals surface area contributed by atoms with Crippen LogP contribution in [0.5, 0.6) is 5.75 Å². The first-order valence-electron chi connectivity index (χ1n) is 12.1. The minimum Gasteiger partial charge on any atom is -0.484 e. The Morgan fingerprint density at radius 3 is 2.29 bits per heavy atom.